The highest BCUT2D eigenvalue weighted by molar-refractivity contribution is 6.03. The highest BCUT2D eigenvalue weighted by Gasteiger charge is 2.12. The Hall–Kier alpha value is -4.12. The maximum atomic E-state index is 12.0. The number of aromatic nitrogens is 3. The Morgan fingerprint density at radius 3 is 1.88 bits per heavy atom. The zero-order valence-electron chi connectivity index (χ0n) is 19.6. The lowest BCUT2D eigenvalue weighted by atomic mass is 10.3. The Kier molecular flexibility index (Phi) is 13.0. The van der Waals surface area contributed by atoms with Gasteiger partial charge in [-0.25, -0.2) is 0 Å². The van der Waals surface area contributed by atoms with Gasteiger partial charge in [0, 0.05) is 52.0 Å². The summed E-state index contributed by atoms with van der Waals surface area (Å²) in [4.78, 5) is 41.1. The van der Waals surface area contributed by atoms with Gasteiger partial charge in [-0.05, 0) is 38.1 Å². The number of aryl methyl sites for hydroxylation is 4. The number of aldehydes is 1. The van der Waals surface area contributed by atoms with Gasteiger partial charge < -0.3 is 34.5 Å². The molecule has 0 radical (unpaired) electrons. The highest BCUT2D eigenvalue weighted by Crippen LogP contribution is 2.14. The number of carbonyl (C=O) groups is 4. The SMILES string of the molecule is CO.Cc1cc(NC=O)cn1C.Cc1ccc(C(=O)Nc2cc(C=O)n(C)c2)n1C.O=CO. The molecule has 33 heavy (non-hydrogen) atoms. The van der Waals surface area contributed by atoms with Crippen molar-refractivity contribution in [2.45, 2.75) is 13.8 Å². The lowest BCUT2D eigenvalue weighted by Crippen LogP contribution is -2.15. The van der Waals surface area contributed by atoms with E-state index in [1.54, 1.807) is 29.9 Å². The molecule has 11 nitrogen and oxygen atoms in total. The standard InChI is InChI=1S/C13H15N3O2.C7H10N2O.CH2O2.CH4O/c1-9-4-5-12(16(9)3)13(18)14-10-6-11(8-17)15(2)7-10;1-6-3-7(8-5-10)4-9(6)2;2-1-3;1-2/h4-8H,1-3H3,(H,14,18);3-5H,1-2H3,(H,8,10);1H,(H,2,3);2H,1H3. The van der Waals surface area contributed by atoms with E-state index in [-0.39, 0.29) is 12.4 Å². The summed E-state index contributed by atoms with van der Waals surface area (Å²) in [5.74, 6) is -0.186. The molecule has 0 spiro atoms. The summed E-state index contributed by atoms with van der Waals surface area (Å²) < 4.78 is 5.43. The second-order valence-corrected chi connectivity index (χ2v) is 6.60. The molecule has 0 atom stereocenters. The number of nitrogens with one attached hydrogen (secondary N) is 2. The topological polar surface area (TPSA) is 148 Å². The van der Waals surface area contributed by atoms with Gasteiger partial charge in [-0.1, -0.05) is 0 Å². The predicted octanol–water partition coefficient (Wildman–Crippen LogP) is 1.95. The van der Waals surface area contributed by atoms with Crippen molar-refractivity contribution >= 4 is 36.5 Å². The second-order valence-electron chi connectivity index (χ2n) is 6.60. The Morgan fingerprint density at radius 1 is 0.909 bits per heavy atom. The van der Waals surface area contributed by atoms with Crippen LogP contribution < -0.4 is 10.6 Å². The Balaban J connectivity index is 0.000000576. The zero-order chi connectivity index (χ0) is 25.6. The summed E-state index contributed by atoms with van der Waals surface area (Å²) in [5.41, 5.74) is 4.71. The van der Waals surface area contributed by atoms with Crippen LogP contribution in [0.15, 0.2) is 36.7 Å². The molecule has 4 N–H and O–H groups in total. The van der Waals surface area contributed by atoms with E-state index in [2.05, 4.69) is 10.6 Å². The lowest BCUT2D eigenvalue weighted by Gasteiger charge is -2.05. The molecule has 0 fully saturated rings. The predicted molar refractivity (Wildman–Crippen MR) is 126 cm³/mol. The maximum absolute atomic E-state index is 12.0. The van der Waals surface area contributed by atoms with E-state index < -0.39 is 0 Å². The van der Waals surface area contributed by atoms with Crippen LogP contribution in [-0.2, 0) is 30.7 Å². The number of nitrogens with zero attached hydrogens (tertiary/aromatic N) is 3. The minimum Gasteiger partial charge on any atom is -0.483 e. The molecule has 0 bridgehead atoms. The Morgan fingerprint density at radius 2 is 1.48 bits per heavy atom. The van der Waals surface area contributed by atoms with Crippen LogP contribution in [0.3, 0.4) is 0 Å². The second kappa shape index (κ2) is 14.8. The third-order valence-electron chi connectivity index (χ3n) is 4.51. The van der Waals surface area contributed by atoms with Crippen LogP contribution in [0, 0.1) is 13.8 Å². The van der Waals surface area contributed by atoms with Crippen LogP contribution in [0.25, 0.3) is 0 Å². The third-order valence-corrected chi connectivity index (χ3v) is 4.51. The van der Waals surface area contributed by atoms with Crippen molar-refractivity contribution in [2.75, 3.05) is 17.7 Å². The fourth-order valence-corrected chi connectivity index (χ4v) is 2.62. The van der Waals surface area contributed by atoms with Crippen molar-refractivity contribution < 1.29 is 29.4 Å². The summed E-state index contributed by atoms with van der Waals surface area (Å²) in [6.07, 6.45) is 5.00. The number of aliphatic hydroxyl groups is 1. The molecule has 3 heterocycles. The summed E-state index contributed by atoms with van der Waals surface area (Å²) in [6, 6.07) is 7.21. The van der Waals surface area contributed by atoms with Crippen molar-refractivity contribution in [1.82, 2.24) is 13.7 Å². The molecule has 0 saturated heterocycles. The van der Waals surface area contributed by atoms with Gasteiger partial charge in [-0.3, -0.25) is 19.2 Å². The van der Waals surface area contributed by atoms with Gasteiger partial charge in [0.2, 0.25) is 6.41 Å². The number of carboxylic acid groups (broad SMARTS) is 1. The number of rotatable bonds is 5. The van der Waals surface area contributed by atoms with Crippen molar-refractivity contribution in [1.29, 1.82) is 0 Å². The van der Waals surface area contributed by atoms with E-state index in [1.807, 2.05) is 55.4 Å². The van der Waals surface area contributed by atoms with Crippen LogP contribution in [0.5, 0.6) is 0 Å². The van der Waals surface area contributed by atoms with E-state index in [0.717, 1.165) is 30.5 Å². The van der Waals surface area contributed by atoms with Crippen molar-refractivity contribution in [3.05, 3.63) is 59.4 Å². The molecule has 3 rings (SSSR count). The van der Waals surface area contributed by atoms with Crippen LogP contribution >= 0.6 is 0 Å². The van der Waals surface area contributed by atoms with Gasteiger partial charge in [0.25, 0.3) is 12.4 Å². The van der Waals surface area contributed by atoms with Gasteiger partial charge in [-0.2, -0.15) is 0 Å². The number of anilines is 2. The highest BCUT2D eigenvalue weighted by atomic mass is 16.3. The van der Waals surface area contributed by atoms with Gasteiger partial charge in [0.05, 0.1) is 17.1 Å². The van der Waals surface area contributed by atoms with Crippen LogP contribution in [0.1, 0.15) is 32.4 Å². The van der Waals surface area contributed by atoms with E-state index in [9.17, 15) is 14.4 Å². The van der Waals surface area contributed by atoms with E-state index >= 15 is 0 Å². The molecule has 3 aromatic rings. The number of hydrogen-bond donors (Lipinski definition) is 4. The first-order chi connectivity index (χ1) is 15.7. The van der Waals surface area contributed by atoms with Gasteiger partial charge in [0.1, 0.15) is 5.69 Å². The summed E-state index contributed by atoms with van der Waals surface area (Å²) in [5, 5.41) is 19.2. The number of hydrogen-bond acceptors (Lipinski definition) is 5. The quantitative estimate of drug-likeness (QED) is 0.427. The minimum absolute atomic E-state index is 0.186. The monoisotopic (exact) mass is 461 g/mol. The lowest BCUT2D eigenvalue weighted by molar-refractivity contribution is -0.122. The largest absolute Gasteiger partial charge is 0.483 e. The van der Waals surface area contributed by atoms with Crippen LogP contribution in [0.2, 0.25) is 0 Å². The first-order valence-electron chi connectivity index (χ1n) is 9.59. The van der Waals surface area contributed by atoms with E-state index in [0.29, 0.717) is 23.5 Å². The number of aliphatic hydroxyl groups excluding tert-OH is 1. The van der Waals surface area contributed by atoms with Gasteiger partial charge >= 0.3 is 0 Å². The molecule has 3 aromatic heterocycles. The van der Waals surface area contributed by atoms with E-state index in [1.165, 1.54) is 0 Å². The average Bonchev–Trinajstić information content (AvgIpc) is 3.41. The fourth-order valence-electron chi connectivity index (χ4n) is 2.62. The molecule has 0 aliphatic rings. The summed E-state index contributed by atoms with van der Waals surface area (Å²) in [6.45, 7) is 3.67. The number of carbonyl (C=O) groups excluding carboxylic acids is 3. The molecule has 2 amide bonds. The van der Waals surface area contributed by atoms with Gasteiger partial charge in [0.15, 0.2) is 6.29 Å². The molecular formula is C22H31N5O6. The minimum atomic E-state index is -0.250. The fraction of sp³-hybridized carbons (Fsp3) is 0.273. The normalized spacial score (nSPS) is 9.06. The summed E-state index contributed by atoms with van der Waals surface area (Å²) in [7, 11) is 6.53. The molecule has 0 saturated carbocycles. The number of amides is 2. The smallest absolute Gasteiger partial charge is 0.290 e. The Labute approximate surface area is 192 Å². The molecule has 11 heteroatoms. The molecule has 0 aliphatic heterocycles. The van der Waals surface area contributed by atoms with E-state index in [4.69, 9.17) is 15.0 Å². The average molecular weight is 462 g/mol. The van der Waals surface area contributed by atoms with Crippen LogP contribution in [-0.4, -0.2) is 56.1 Å². The van der Waals surface area contributed by atoms with Gasteiger partial charge in [-0.15, -0.1) is 0 Å². The molecule has 0 aliphatic carbocycles. The zero-order valence-corrected chi connectivity index (χ0v) is 19.6. The van der Waals surface area contributed by atoms with Crippen molar-refractivity contribution in [3.8, 4) is 0 Å². The molecular weight excluding hydrogens is 430 g/mol. The molecule has 0 aromatic carbocycles. The van der Waals surface area contributed by atoms with Crippen LogP contribution in [0.4, 0.5) is 11.4 Å². The Bertz CT molecular complexity index is 1030. The first-order valence-corrected chi connectivity index (χ1v) is 9.59. The van der Waals surface area contributed by atoms with Crippen molar-refractivity contribution in [3.63, 3.8) is 0 Å². The molecule has 0 unspecified atom stereocenters. The van der Waals surface area contributed by atoms with Crippen molar-refractivity contribution in [2.24, 2.45) is 21.1 Å². The summed E-state index contributed by atoms with van der Waals surface area (Å²) >= 11 is 0. The first kappa shape index (κ1) is 28.9. The molecule has 180 valence electrons. The maximum Gasteiger partial charge on any atom is 0.290 e. The third kappa shape index (κ3) is 8.87.